The number of fused-ring (bicyclic) bond motifs is 1. The molecule has 0 heterocycles. The smallest absolute Gasteiger partial charge is 0.129 e. The summed E-state index contributed by atoms with van der Waals surface area (Å²) in [7, 11) is 0. The monoisotopic (exact) mass is 234 g/mol. The van der Waals surface area contributed by atoms with Crippen LogP contribution in [0.1, 0.15) is 42.1 Å². The number of hydrogen-bond acceptors (Lipinski definition) is 1. The second kappa shape index (κ2) is 3.81. The molecule has 1 nitrogen and oxygen atoms in total. The summed E-state index contributed by atoms with van der Waals surface area (Å²) >= 11 is 0. The molecule has 2 fully saturated rings. The largest absolute Gasteiger partial charge is 0.388 e. The summed E-state index contributed by atoms with van der Waals surface area (Å²) in [4.78, 5) is 0. The molecule has 3 unspecified atom stereocenters. The third-order valence-electron chi connectivity index (χ3n) is 4.50. The first-order valence-electron chi connectivity index (χ1n) is 6.51. The Kier molecular flexibility index (Phi) is 2.51. The Bertz CT molecular complexity index is 421. The van der Waals surface area contributed by atoms with Crippen LogP contribution in [0.3, 0.4) is 0 Å². The Morgan fingerprint density at radius 3 is 2.41 bits per heavy atom. The third-order valence-corrected chi connectivity index (χ3v) is 4.50. The van der Waals surface area contributed by atoms with Crippen molar-refractivity contribution in [2.75, 3.05) is 0 Å². The molecule has 0 aliphatic heterocycles. The van der Waals surface area contributed by atoms with Gasteiger partial charge in [-0.3, -0.25) is 0 Å². The van der Waals surface area contributed by atoms with E-state index in [0.717, 1.165) is 35.8 Å². The molecule has 0 aromatic heterocycles. The fourth-order valence-corrected chi connectivity index (χ4v) is 3.56. The van der Waals surface area contributed by atoms with E-state index in [4.69, 9.17) is 0 Å². The highest BCUT2D eigenvalue weighted by Crippen LogP contribution is 2.57. The molecule has 2 aliphatic carbocycles. The van der Waals surface area contributed by atoms with Crippen LogP contribution in [0.2, 0.25) is 0 Å². The van der Waals surface area contributed by atoms with Crippen molar-refractivity contribution in [3.05, 3.63) is 34.6 Å². The molecule has 3 atom stereocenters. The lowest BCUT2D eigenvalue weighted by molar-refractivity contribution is 0.100. The lowest BCUT2D eigenvalue weighted by atomic mass is 9.88. The van der Waals surface area contributed by atoms with Crippen LogP contribution in [0.15, 0.2) is 12.1 Å². The summed E-state index contributed by atoms with van der Waals surface area (Å²) in [5, 5.41) is 10.4. The molecule has 0 bridgehead atoms. The summed E-state index contributed by atoms with van der Waals surface area (Å²) in [5.74, 6) is 1.68. The van der Waals surface area contributed by atoms with Gasteiger partial charge in [-0.05, 0) is 68.1 Å². The average molecular weight is 234 g/mol. The minimum atomic E-state index is -0.608. The van der Waals surface area contributed by atoms with Gasteiger partial charge in [-0.25, -0.2) is 4.39 Å². The van der Waals surface area contributed by atoms with Crippen LogP contribution in [-0.4, -0.2) is 5.11 Å². The zero-order valence-corrected chi connectivity index (χ0v) is 10.4. The van der Waals surface area contributed by atoms with E-state index >= 15 is 0 Å². The number of benzene rings is 1. The van der Waals surface area contributed by atoms with Gasteiger partial charge in [0.05, 0.1) is 6.10 Å². The van der Waals surface area contributed by atoms with Gasteiger partial charge in [0.1, 0.15) is 5.82 Å². The second-order valence-electron chi connectivity index (χ2n) is 5.91. The summed E-state index contributed by atoms with van der Waals surface area (Å²) in [5.41, 5.74) is 2.34. The van der Waals surface area contributed by atoms with Gasteiger partial charge in [0.15, 0.2) is 0 Å². The van der Waals surface area contributed by atoms with E-state index in [0.29, 0.717) is 5.56 Å². The molecule has 0 saturated heterocycles. The number of hydrogen-bond donors (Lipinski definition) is 1. The number of rotatable bonds is 2. The summed E-state index contributed by atoms with van der Waals surface area (Å²) < 4.78 is 14.0. The predicted octanol–water partition coefficient (Wildman–Crippen LogP) is 3.52. The first-order chi connectivity index (χ1) is 8.06. The zero-order chi connectivity index (χ0) is 12.2. The molecule has 2 aliphatic rings. The third kappa shape index (κ3) is 1.89. The van der Waals surface area contributed by atoms with Crippen molar-refractivity contribution in [1.82, 2.24) is 0 Å². The quantitative estimate of drug-likeness (QED) is 0.830. The van der Waals surface area contributed by atoms with E-state index in [-0.39, 0.29) is 11.7 Å². The van der Waals surface area contributed by atoms with Crippen LogP contribution < -0.4 is 0 Å². The molecular formula is C15H19FO. The zero-order valence-electron chi connectivity index (χ0n) is 10.4. The standard InChI is InChI=1S/C15H19FO/c1-8-3-9(2)14(13(16)4-8)15(17)12-6-10-5-11(10)7-12/h3-4,10-12,15,17H,5-7H2,1-2H3. The van der Waals surface area contributed by atoms with Crippen molar-refractivity contribution < 1.29 is 9.50 Å². The highest BCUT2D eigenvalue weighted by molar-refractivity contribution is 5.34. The van der Waals surface area contributed by atoms with Crippen LogP contribution in [0.4, 0.5) is 4.39 Å². The van der Waals surface area contributed by atoms with Crippen LogP contribution in [-0.2, 0) is 0 Å². The van der Waals surface area contributed by atoms with Gasteiger partial charge < -0.3 is 5.11 Å². The molecule has 0 amide bonds. The molecule has 0 radical (unpaired) electrons. The Labute approximate surface area is 102 Å². The minimum absolute atomic E-state index is 0.240. The number of halogens is 1. The molecule has 92 valence electrons. The van der Waals surface area contributed by atoms with E-state index < -0.39 is 6.10 Å². The van der Waals surface area contributed by atoms with Gasteiger partial charge in [0.2, 0.25) is 0 Å². The molecule has 2 saturated carbocycles. The molecular weight excluding hydrogens is 215 g/mol. The maximum Gasteiger partial charge on any atom is 0.129 e. The van der Waals surface area contributed by atoms with Crippen LogP contribution in [0, 0.1) is 37.4 Å². The van der Waals surface area contributed by atoms with Gasteiger partial charge in [0, 0.05) is 5.56 Å². The Morgan fingerprint density at radius 1 is 1.18 bits per heavy atom. The first kappa shape index (κ1) is 11.2. The lowest BCUT2D eigenvalue weighted by Gasteiger charge is -2.22. The van der Waals surface area contributed by atoms with E-state index in [9.17, 15) is 9.50 Å². The molecule has 1 aromatic rings. The Hall–Kier alpha value is -0.890. The van der Waals surface area contributed by atoms with Crippen molar-refractivity contribution in [1.29, 1.82) is 0 Å². The topological polar surface area (TPSA) is 20.2 Å². The predicted molar refractivity (Wildman–Crippen MR) is 65.2 cm³/mol. The van der Waals surface area contributed by atoms with Crippen molar-refractivity contribution in [2.24, 2.45) is 17.8 Å². The Balaban J connectivity index is 1.87. The summed E-state index contributed by atoms with van der Waals surface area (Å²) in [6, 6.07) is 3.48. The molecule has 17 heavy (non-hydrogen) atoms. The maximum absolute atomic E-state index is 14.0. The van der Waals surface area contributed by atoms with E-state index in [2.05, 4.69) is 0 Å². The molecule has 2 heteroatoms. The SMILES string of the molecule is Cc1cc(C)c(C(O)C2CC3CC3C2)c(F)c1. The van der Waals surface area contributed by atoms with Crippen LogP contribution in [0.5, 0.6) is 0 Å². The maximum atomic E-state index is 14.0. The number of aliphatic hydroxyl groups excluding tert-OH is 1. The van der Waals surface area contributed by atoms with Crippen molar-refractivity contribution >= 4 is 0 Å². The Morgan fingerprint density at radius 2 is 1.82 bits per heavy atom. The van der Waals surface area contributed by atoms with Gasteiger partial charge >= 0.3 is 0 Å². The summed E-state index contributed by atoms with van der Waals surface area (Å²) in [6.07, 6.45) is 2.89. The molecule has 1 N–H and O–H groups in total. The van der Waals surface area contributed by atoms with Gasteiger partial charge in [-0.2, -0.15) is 0 Å². The van der Waals surface area contributed by atoms with E-state index in [1.807, 2.05) is 19.9 Å². The van der Waals surface area contributed by atoms with E-state index in [1.54, 1.807) is 0 Å². The van der Waals surface area contributed by atoms with Crippen molar-refractivity contribution in [3.63, 3.8) is 0 Å². The average Bonchev–Trinajstić information content (AvgIpc) is 2.84. The minimum Gasteiger partial charge on any atom is -0.388 e. The molecule has 1 aromatic carbocycles. The highest BCUT2D eigenvalue weighted by atomic mass is 19.1. The molecule has 3 rings (SSSR count). The van der Waals surface area contributed by atoms with Crippen LogP contribution >= 0.6 is 0 Å². The fourth-order valence-electron chi connectivity index (χ4n) is 3.56. The van der Waals surface area contributed by atoms with Gasteiger partial charge in [0.25, 0.3) is 0 Å². The van der Waals surface area contributed by atoms with Gasteiger partial charge in [-0.15, -0.1) is 0 Å². The number of aryl methyl sites for hydroxylation is 2. The molecule has 0 spiro atoms. The lowest BCUT2D eigenvalue weighted by Crippen LogP contribution is -2.14. The van der Waals surface area contributed by atoms with Crippen molar-refractivity contribution in [2.45, 2.75) is 39.2 Å². The summed E-state index contributed by atoms with van der Waals surface area (Å²) in [6.45, 7) is 3.78. The second-order valence-corrected chi connectivity index (χ2v) is 5.91. The normalized spacial score (nSPS) is 32.4. The fraction of sp³-hybridized carbons (Fsp3) is 0.600. The van der Waals surface area contributed by atoms with E-state index in [1.165, 1.54) is 12.5 Å². The van der Waals surface area contributed by atoms with Gasteiger partial charge in [-0.1, -0.05) is 6.07 Å². The highest BCUT2D eigenvalue weighted by Gasteiger charge is 2.48. The number of aliphatic hydroxyl groups is 1. The van der Waals surface area contributed by atoms with Crippen molar-refractivity contribution in [3.8, 4) is 0 Å². The van der Waals surface area contributed by atoms with Crippen LogP contribution in [0.25, 0.3) is 0 Å². The first-order valence-corrected chi connectivity index (χ1v) is 6.51.